The quantitative estimate of drug-likeness (QED) is 0.735. The Balaban J connectivity index is 1.95. The molecule has 0 spiro atoms. The molecule has 1 saturated heterocycles. The summed E-state index contributed by atoms with van der Waals surface area (Å²) < 4.78 is 5.65. The molecular weight excluding hydrogens is 250 g/mol. The Morgan fingerprint density at radius 1 is 1.61 bits per heavy atom. The number of rotatable bonds is 4. The van der Waals surface area contributed by atoms with Crippen LogP contribution in [0.4, 0.5) is 5.82 Å². The molecule has 1 aliphatic rings. The fourth-order valence-corrected chi connectivity index (χ4v) is 2.00. The highest BCUT2D eigenvalue weighted by molar-refractivity contribution is 7.80. The molecule has 3 N–H and O–H groups in total. The van der Waals surface area contributed by atoms with Crippen molar-refractivity contribution in [1.82, 2.24) is 14.9 Å². The smallest absolute Gasteiger partial charge is 0.155 e. The maximum Gasteiger partial charge on any atom is 0.155 e. The Morgan fingerprint density at radius 3 is 3.11 bits per heavy atom. The minimum atomic E-state index is 0.143. The molecule has 1 unspecified atom stereocenters. The minimum Gasteiger partial charge on any atom is -0.388 e. The van der Waals surface area contributed by atoms with E-state index in [0.29, 0.717) is 18.1 Å². The Morgan fingerprint density at radius 2 is 2.39 bits per heavy atom. The summed E-state index contributed by atoms with van der Waals surface area (Å²) in [5.74, 6) is 0.613. The van der Waals surface area contributed by atoms with Crippen molar-refractivity contribution in [2.75, 3.05) is 38.6 Å². The summed E-state index contributed by atoms with van der Waals surface area (Å²) in [6.07, 6.45) is 3.33. The predicted molar refractivity (Wildman–Crippen MR) is 73.6 cm³/mol. The van der Waals surface area contributed by atoms with Gasteiger partial charge in [-0.2, -0.15) is 0 Å². The number of nitrogens with two attached hydrogens (primary N) is 1. The Kier molecular flexibility index (Phi) is 4.40. The van der Waals surface area contributed by atoms with Gasteiger partial charge < -0.3 is 20.7 Å². The van der Waals surface area contributed by atoms with Gasteiger partial charge in [-0.1, -0.05) is 12.2 Å². The van der Waals surface area contributed by atoms with Crippen molar-refractivity contribution in [3.63, 3.8) is 0 Å². The zero-order valence-corrected chi connectivity index (χ0v) is 11.1. The average Bonchev–Trinajstić information content (AvgIpc) is 2.37. The summed E-state index contributed by atoms with van der Waals surface area (Å²) >= 11 is 4.93. The van der Waals surface area contributed by atoms with Crippen LogP contribution in [0, 0.1) is 0 Å². The lowest BCUT2D eigenvalue weighted by Gasteiger charge is -2.30. The molecule has 1 aromatic rings. The fraction of sp³-hybridized carbons (Fsp3) is 0.545. The second-order valence-corrected chi connectivity index (χ2v) is 4.69. The van der Waals surface area contributed by atoms with Crippen LogP contribution in [0.15, 0.2) is 12.4 Å². The minimum absolute atomic E-state index is 0.143. The van der Waals surface area contributed by atoms with Gasteiger partial charge in [0.15, 0.2) is 5.82 Å². The van der Waals surface area contributed by atoms with Crippen LogP contribution in [0.3, 0.4) is 0 Å². The lowest BCUT2D eigenvalue weighted by Crippen LogP contribution is -2.43. The van der Waals surface area contributed by atoms with Crippen molar-refractivity contribution in [2.45, 2.75) is 6.10 Å². The molecule has 0 radical (unpaired) electrons. The molecule has 98 valence electrons. The van der Waals surface area contributed by atoms with Gasteiger partial charge in [0.25, 0.3) is 0 Å². The van der Waals surface area contributed by atoms with E-state index in [1.165, 1.54) is 0 Å². The molecule has 1 aromatic heterocycles. The van der Waals surface area contributed by atoms with E-state index in [4.69, 9.17) is 22.7 Å². The van der Waals surface area contributed by atoms with Crippen LogP contribution in [0.5, 0.6) is 0 Å². The van der Waals surface area contributed by atoms with Crippen molar-refractivity contribution < 1.29 is 4.74 Å². The van der Waals surface area contributed by atoms with E-state index in [-0.39, 0.29) is 11.1 Å². The van der Waals surface area contributed by atoms with Gasteiger partial charge in [-0.15, -0.1) is 0 Å². The van der Waals surface area contributed by atoms with E-state index in [2.05, 4.69) is 27.2 Å². The van der Waals surface area contributed by atoms with Crippen LogP contribution in [-0.4, -0.2) is 59.2 Å². The molecule has 0 aliphatic carbocycles. The number of morpholine rings is 1. The zero-order chi connectivity index (χ0) is 13.0. The van der Waals surface area contributed by atoms with Gasteiger partial charge in [0, 0.05) is 32.0 Å². The summed E-state index contributed by atoms with van der Waals surface area (Å²) in [4.78, 5) is 10.8. The maximum absolute atomic E-state index is 5.65. The molecule has 0 bridgehead atoms. The van der Waals surface area contributed by atoms with Crippen molar-refractivity contribution in [3.05, 3.63) is 18.1 Å². The highest BCUT2D eigenvalue weighted by Gasteiger charge is 2.18. The van der Waals surface area contributed by atoms with Gasteiger partial charge in [0.1, 0.15) is 10.7 Å². The number of thiocarbonyl (C=S) groups is 1. The third-order valence-electron chi connectivity index (χ3n) is 2.77. The van der Waals surface area contributed by atoms with E-state index in [9.17, 15) is 0 Å². The number of aromatic nitrogens is 2. The molecule has 1 atom stereocenters. The normalized spacial score (nSPS) is 20.6. The second-order valence-electron chi connectivity index (χ2n) is 4.25. The molecule has 2 heterocycles. The van der Waals surface area contributed by atoms with E-state index in [1.54, 1.807) is 12.4 Å². The Labute approximate surface area is 112 Å². The fourth-order valence-electron chi connectivity index (χ4n) is 1.85. The first-order chi connectivity index (χ1) is 8.66. The van der Waals surface area contributed by atoms with E-state index in [1.807, 2.05) is 0 Å². The summed E-state index contributed by atoms with van der Waals surface area (Å²) in [5, 5.41) is 3.19. The van der Waals surface area contributed by atoms with Crippen LogP contribution in [0.25, 0.3) is 0 Å². The number of ether oxygens (including phenoxy) is 1. The predicted octanol–water partition coefficient (Wildman–Crippen LogP) is -0.147. The van der Waals surface area contributed by atoms with Gasteiger partial charge in [-0.3, -0.25) is 0 Å². The van der Waals surface area contributed by atoms with Crippen LogP contribution < -0.4 is 11.1 Å². The van der Waals surface area contributed by atoms with Crippen molar-refractivity contribution in [3.8, 4) is 0 Å². The monoisotopic (exact) mass is 267 g/mol. The number of nitrogens with zero attached hydrogens (tertiary/aromatic N) is 3. The second kappa shape index (κ2) is 6.03. The highest BCUT2D eigenvalue weighted by Crippen LogP contribution is 2.10. The van der Waals surface area contributed by atoms with Crippen molar-refractivity contribution in [2.24, 2.45) is 5.73 Å². The first kappa shape index (κ1) is 13.1. The first-order valence-corrected chi connectivity index (χ1v) is 6.22. The van der Waals surface area contributed by atoms with Gasteiger partial charge in [0.05, 0.1) is 12.7 Å². The molecular formula is C11H17N5OS. The number of hydrogen-bond acceptors (Lipinski definition) is 6. The Bertz CT molecular complexity index is 428. The summed E-state index contributed by atoms with van der Waals surface area (Å²) in [6, 6.07) is 0. The van der Waals surface area contributed by atoms with Crippen LogP contribution in [0.2, 0.25) is 0 Å². The molecule has 1 fully saturated rings. The molecule has 2 rings (SSSR count). The van der Waals surface area contributed by atoms with E-state index in [0.717, 1.165) is 19.7 Å². The SMILES string of the molecule is CN1CCOC(CNc2nccnc2C(N)=S)C1. The van der Waals surface area contributed by atoms with Gasteiger partial charge >= 0.3 is 0 Å². The van der Waals surface area contributed by atoms with Crippen LogP contribution in [-0.2, 0) is 4.74 Å². The topological polar surface area (TPSA) is 76.3 Å². The molecule has 18 heavy (non-hydrogen) atoms. The summed E-state index contributed by atoms with van der Waals surface area (Å²) in [5.41, 5.74) is 6.12. The lowest BCUT2D eigenvalue weighted by molar-refractivity contribution is -0.0117. The largest absolute Gasteiger partial charge is 0.388 e. The Hall–Kier alpha value is -1.31. The number of likely N-dealkylation sites (N-methyl/N-ethyl adjacent to an activating group) is 1. The standard InChI is InChI=1S/C11H17N5OS/c1-16-4-5-17-8(7-16)6-15-11-9(10(12)18)13-2-3-14-11/h2-3,8H,4-7H2,1H3,(H2,12,18)(H,14,15). The van der Waals surface area contributed by atoms with Crippen LogP contribution in [0.1, 0.15) is 5.69 Å². The summed E-state index contributed by atoms with van der Waals surface area (Å²) in [7, 11) is 2.08. The van der Waals surface area contributed by atoms with Crippen molar-refractivity contribution in [1.29, 1.82) is 0 Å². The molecule has 0 amide bonds. The molecule has 0 saturated carbocycles. The lowest BCUT2D eigenvalue weighted by atomic mass is 10.3. The maximum atomic E-state index is 5.65. The van der Waals surface area contributed by atoms with Crippen molar-refractivity contribution >= 4 is 23.0 Å². The number of anilines is 1. The number of hydrogen-bond donors (Lipinski definition) is 2. The van der Waals surface area contributed by atoms with E-state index < -0.39 is 0 Å². The third kappa shape index (κ3) is 3.34. The van der Waals surface area contributed by atoms with Gasteiger partial charge in [-0.25, -0.2) is 9.97 Å². The zero-order valence-electron chi connectivity index (χ0n) is 10.3. The van der Waals surface area contributed by atoms with Gasteiger partial charge in [-0.05, 0) is 7.05 Å². The third-order valence-corrected chi connectivity index (χ3v) is 2.96. The molecule has 1 aliphatic heterocycles. The average molecular weight is 267 g/mol. The first-order valence-electron chi connectivity index (χ1n) is 5.81. The molecule has 0 aromatic carbocycles. The number of nitrogens with one attached hydrogen (secondary N) is 1. The highest BCUT2D eigenvalue weighted by atomic mass is 32.1. The molecule has 6 nitrogen and oxygen atoms in total. The van der Waals surface area contributed by atoms with Crippen LogP contribution >= 0.6 is 12.2 Å². The summed E-state index contributed by atoms with van der Waals surface area (Å²) in [6.45, 7) is 3.29. The van der Waals surface area contributed by atoms with E-state index >= 15 is 0 Å². The van der Waals surface area contributed by atoms with Gasteiger partial charge in [0.2, 0.25) is 0 Å². The molecule has 7 heteroatoms.